The molecule has 11 heteroatoms. The maximum absolute atomic E-state index is 12.6. The number of anilines is 2. The Kier molecular flexibility index (Phi) is 7.34. The number of halogens is 1. The molecule has 5 rings (SSSR count). The summed E-state index contributed by atoms with van der Waals surface area (Å²) in [5, 5.41) is 10.8. The molecule has 3 fully saturated rings. The Labute approximate surface area is 214 Å². The summed E-state index contributed by atoms with van der Waals surface area (Å²) in [6.45, 7) is 4.12. The zero-order valence-electron chi connectivity index (χ0n) is 19.8. The van der Waals surface area contributed by atoms with Crippen LogP contribution in [0.15, 0.2) is 28.4 Å². The highest BCUT2D eigenvalue weighted by molar-refractivity contribution is 7.99. The number of hydrogen-bond acceptors (Lipinski definition) is 10. The molecule has 3 aliphatic rings. The van der Waals surface area contributed by atoms with Gasteiger partial charge in [-0.05, 0) is 43.6 Å². The lowest BCUT2D eigenvalue weighted by Crippen LogP contribution is -2.41. The van der Waals surface area contributed by atoms with E-state index in [1.165, 1.54) is 18.9 Å². The number of aliphatic hydroxyl groups excluding tert-OH is 1. The number of piperidine rings is 1. The number of carbonyl (C=O) groups excluding carboxylic acids is 1. The molecule has 0 aliphatic carbocycles. The third-order valence-electron chi connectivity index (χ3n) is 7.33. The van der Waals surface area contributed by atoms with Crippen LogP contribution >= 0.6 is 23.4 Å². The third-order valence-corrected chi connectivity index (χ3v) is 8.78. The fourth-order valence-corrected chi connectivity index (χ4v) is 6.34. The lowest BCUT2D eigenvalue weighted by molar-refractivity contribution is 0.0593. The van der Waals surface area contributed by atoms with Crippen LogP contribution in [-0.4, -0.2) is 78.6 Å². The predicted molar refractivity (Wildman–Crippen MR) is 134 cm³/mol. The lowest BCUT2D eigenvalue weighted by atomic mass is 9.78. The minimum atomic E-state index is -0.510. The summed E-state index contributed by atoms with van der Waals surface area (Å²) in [5.74, 6) is 0.701. The number of rotatable bonds is 6. The van der Waals surface area contributed by atoms with E-state index in [1.54, 1.807) is 12.4 Å². The van der Waals surface area contributed by atoms with Gasteiger partial charge in [-0.3, -0.25) is 0 Å². The van der Waals surface area contributed by atoms with Crippen LogP contribution in [0.4, 0.5) is 11.6 Å². The molecule has 0 saturated carbocycles. The summed E-state index contributed by atoms with van der Waals surface area (Å²) in [6.07, 6.45) is 8.39. The molecule has 1 atom stereocenters. The number of ether oxygens (including phenoxy) is 2. The average molecular weight is 520 g/mol. The van der Waals surface area contributed by atoms with Crippen LogP contribution in [0.1, 0.15) is 42.6 Å². The van der Waals surface area contributed by atoms with Crippen LogP contribution in [0.2, 0.25) is 5.02 Å². The van der Waals surface area contributed by atoms with Gasteiger partial charge in [-0.25, -0.2) is 19.7 Å². The van der Waals surface area contributed by atoms with E-state index in [4.69, 9.17) is 21.1 Å². The Hall–Kier alpha value is -2.14. The Balaban J connectivity index is 1.38. The molecule has 2 aromatic rings. The van der Waals surface area contributed by atoms with Crippen molar-refractivity contribution in [1.82, 2.24) is 15.0 Å². The molecule has 0 bridgehead atoms. The number of pyridine rings is 1. The number of esters is 1. The molecule has 3 aliphatic heterocycles. The number of nitrogens with zero attached hydrogens (tertiary/aromatic N) is 5. The maximum atomic E-state index is 12.6. The zero-order chi connectivity index (χ0) is 24.4. The summed E-state index contributed by atoms with van der Waals surface area (Å²) in [4.78, 5) is 31.3. The predicted octanol–water partition coefficient (Wildman–Crippen LogP) is 3.43. The monoisotopic (exact) mass is 519 g/mol. The molecule has 0 amide bonds. The second kappa shape index (κ2) is 10.5. The Bertz CT molecular complexity index is 1070. The number of methoxy groups -OCH3 is 1. The van der Waals surface area contributed by atoms with Gasteiger partial charge in [-0.15, -0.1) is 0 Å². The second-order valence-electron chi connectivity index (χ2n) is 9.38. The smallest absolute Gasteiger partial charge is 0.360 e. The molecule has 1 N–H and O–H groups in total. The molecular weight excluding hydrogens is 490 g/mol. The molecule has 1 spiro atoms. The van der Waals surface area contributed by atoms with Gasteiger partial charge < -0.3 is 24.4 Å². The summed E-state index contributed by atoms with van der Waals surface area (Å²) in [6, 6.07) is 1.84. The number of hydrogen-bond donors (Lipinski definition) is 1. The van der Waals surface area contributed by atoms with E-state index in [2.05, 4.69) is 24.8 Å². The zero-order valence-corrected chi connectivity index (χ0v) is 21.4. The van der Waals surface area contributed by atoms with E-state index in [0.29, 0.717) is 21.7 Å². The minimum absolute atomic E-state index is 0.0183. The minimum Gasteiger partial charge on any atom is -0.464 e. The summed E-state index contributed by atoms with van der Waals surface area (Å²) in [7, 11) is 1.36. The molecular formula is C24H30ClN5O4S. The highest BCUT2D eigenvalue weighted by Crippen LogP contribution is 2.41. The van der Waals surface area contributed by atoms with Crippen molar-refractivity contribution in [2.24, 2.45) is 5.41 Å². The van der Waals surface area contributed by atoms with Crippen molar-refractivity contribution in [2.75, 3.05) is 56.4 Å². The quantitative estimate of drug-likeness (QED) is 0.571. The molecule has 1 unspecified atom stereocenters. The van der Waals surface area contributed by atoms with Crippen LogP contribution in [0.25, 0.3) is 0 Å². The first-order valence-corrected chi connectivity index (χ1v) is 13.2. The van der Waals surface area contributed by atoms with Gasteiger partial charge in [-0.2, -0.15) is 0 Å². The number of carbonyl (C=O) groups is 1. The van der Waals surface area contributed by atoms with E-state index in [9.17, 15) is 9.90 Å². The van der Waals surface area contributed by atoms with Crippen molar-refractivity contribution in [3.63, 3.8) is 0 Å². The van der Waals surface area contributed by atoms with Crippen molar-refractivity contribution in [1.29, 1.82) is 0 Å². The SMILES string of the molecule is COC(=O)c1nc(Sc2ccnc(N3CCCC3CO)c2Cl)cnc1N1CCC2(CCOC2)CC1. The van der Waals surface area contributed by atoms with Crippen molar-refractivity contribution in [3.8, 4) is 0 Å². The van der Waals surface area contributed by atoms with Crippen molar-refractivity contribution in [3.05, 3.63) is 29.2 Å². The highest BCUT2D eigenvalue weighted by Gasteiger charge is 2.39. The van der Waals surface area contributed by atoms with Crippen LogP contribution in [0.5, 0.6) is 0 Å². The van der Waals surface area contributed by atoms with Crippen LogP contribution in [0, 0.1) is 5.41 Å². The van der Waals surface area contributed by atoms with Crippen molar-refractivity contribution in [2.45, 2.75) is 48.1 Å². The molecule has 5 heterocycles. The van der Waals surface area contributed by atoms with Crippen LogP contribution in [0.3, 0.4) is 0 Å². The van der Waals surface area contributed by atoms with E-state index < -0.39 is 5.97 Å². The standard InChI is InChI=1S/C24H30ClN5O4S/c1-33-23(32)20-22(29-10-5-24(6-11-29)7-12-34-15-24)27-13-18(28-20)35-17-4-8-26-21(19(17)25)30-9-2-3-16(30)14-31/h4,8,13,16,31H,2-3,5-7,9-12,14-15H2,1H3. The third kappa shape index (κ3) is 4.94. The first kappa shape index (κ1) is 24.5. The van der Waals surface area contributed by atoms with Crippen LogP contribution < -0.4 is 9.80 Å². The second-order valence-corrected chi connectivity index (χ2v) is 10.8. The summed E-state index contributed by atoms with van der Waals surface area (Å²) in [5.41, 5.74) is 0.465. The normalized spacial score (nSPS) is 21.6. The summed E-state index contributed by atoms with van der Waals surface area (Å²) < 4.78 is 10.7. The van der Waals surface area contributed by atoms with Gasteiger partial charge in [-0.1, -0.05) is 23.4 Å². The van der Waals surface area contributed by atoms with Crippen LogP contribution in [-0.2, 0) is 9.47 Å². The highest BCUT2D eigenvalue weighted by atomic mass is 35.5. The van der Waals surface area contributed by atoms with Crippen molar-refractivity contribution >= 4 is 41.0 Å². The van der Waals surface area contributed by atoms with Gasteiger partial charge >= 0.3 is 5.97 Å². The number of aliphatic hydroxyl groups is 1. The van der Waals surface area contributed by atoms with Gasteiger partial charge in [0.2, 0.25) is 0 Å². The Morgan fingerprint density at radius 2 is 2.11 bits per heavy atom. The van der Waals surface area contributed by atoms with Gasteiger partial charge in [0, 0.05) is 37.3 Å². The average Bonchev–Trinajstić information content (AvgIpc) is 3.55. The van der Waals surface area contributed by atoms with Gasteiger partial charge in [0.25, 0.3) is 0 Å². The lowest BCUT2D eigenvalue weighted by Gasteiger charge is -2.39. The maximum Gasteiger partial charge on any atom is 0.360 e. The molecule has 9 nitrogen and oxygen atoms in total. The van der Waals surface area contributed by atoms with Gasteiger partial charge in [0.15, 0.2) is 11.5 Å². The van der Waals surface area contributed by atoms with Gasteiger partial charge in [0.05, 0.1) is 37.6 Å². The fourth-order valence-electron chi connectivity index (χ4n) is 5.23. The molecule has 0 aromatic carbocycles. The Morgan fingerprint density at radius 3 is 2.83 bits per heavy atom. The first-order valence-electron chi connectivity index (χ1n) is 12.0. The Morgan fingerprint density at radius 1 is 1.29 bits per heavy atom. The fraction of sp³-hybridized carbons (Fsp3) is 0.583. The molecule has 0 radical (unpaired) electrons. The van der Waals surface area contributed by atoms with E-state index in [1.807, 2.05) is 6.07 Å². The van der Waals surface area contributed by atoms with Gasteiger partial charge in [0.1, 0.15) is 10.8 Å². The number of aromatic nitrogens is 3. The van der Waals surface area contributed by atoms with Crippen molar-refractivity contribution < 1.29 is 19.4 Å². The molecule has 35 heavy (non-hydrogen) atoms. The molecule has 2 aromatic heterocycles. The van der Waals surface area contributed by atoms with E-state index in [0.717, 1.165) is 69.8 Å². The topological polar surface area (TPSA) is 101 Å². The molecule has 188 valence electrons. The van der Waals surface area contributed by atoms with E-state index in [-0.39, 0.29) is 23.8 Å². The molecule has 3 saturated heterocycles. The van der Waals surface area contributed by atoms with E-state index >= 15 is 0 Å². The summed E-state index contributed by atoms with van der Waals surface area (Å²) >= 11 is 8.07. The first-order chi connectivity index (χ1) is 17.0. The largest absolute Gasteiger partial charge is 0.464 e.